The van der Waals surface area contributed by atoms with Crippen LogP contribution in [0.15, 0.2) is 42.0 Å². The predicted molar refractivity (Wildman–Crippen MR) is 53.0 cm³/mol. The van der Waals surface area contributed by atoms with Crippen LogP contribution in [0.1, 0.15) is 6.92 Å². The van der Waals surface area contributed by atoms with E-state index in [4.69, 9.17) is 0 Å². The first-order valence-corrected chi connectivity index (χ1v) is 4.37. The Hall–Kier alpha value is -0.980. The van der Waals surface area contributed by atoms with Gasteiger partial charge in [0, 0.05) is 4.91 Å². The van der Waals surface area contributed by atoms with Crippen LogP contribution in [0.2, 0.25) is 0 Å². The molecule has 0 aromatic rings. The molecule has 1 rings (SSSR count). The Morgan fingerprint density at radius 2 is 2.50 bits per heavy atom. The molecule has 1 unspecified atom stereocenters. The molecule has 0 bridgehead atoms. The molecule has 0 saturated carbocycles. The van der Waals surface area contributed by atoms with E-state index in [0.29, 0.717) is 0 Å². The van der Waals surface area contributed by atoms with Crippen molar-refractivity contribution in [3.8, 4) is 0 Å². The average Bonchev–Trinajstić information content (AvgIpc) is 2.34. The van der Waals surface area contributed by atoms with Gasteiger partial charge in [0.05, 0.1) is 0 Å². The lowest BCUT2D eigenvalue weighted by Crippen LogP contribution is -2.25. The summed E-state index contributed by atoms with van der Waals surface area (Å²) in [7, 11) is 0. The van der Waals surface area contributed by atoms with Crippen molar-refractivity contribution in [3.63, 3.8) is 0 Å². The van der Waals surface area contributed by atoms with Gasteiger partial charge < -0.3 is 0 Å². The number of carbonyl (C=O) groups excluding carboxylic acids is 1. The molecule has 1 aliphatic rings. The fraction of sp³-hybridized carbons (Fsp3) is 0.200. The maximum atomic E-state index is 11.3. The number of hydrogen-bond donors (Lipinski definition) is 0. The van der Waals surface area contributed by atoms with Gasteiger partial charge >= 0.3 is 0 Å². The summed E-state index contributed by atoms with van der Waals surface area (Å²) in [6.45, 7) is 8.80. The second kappa shape index (κ2) is 3.18. The molecule has 12 heavy (non-hydrogen) atoms. The van der Waals surface area contributed by atoms with Gasteiger partial charge in [-0.05, 0) is 13.0 Å². The number of rotatable bonds is 2. The highest BCUT2D eigenvalue weighted by atomic mass is 32.2. The summed E-state index contributed by atoms with van der Waals surface area (Å²) in [5.41, 5.74) is 2.64. The minimum Gasteiger partial charge on any atom is -0.298 e. The van der Waals surface area contributed by atoms with Crippen molar-refractivity contribution in [2.75, 3.05) is 0 Å². The molecule has 0 aromatic heterocycles. The molecule has 1 nitrogen and oxygen atoms in total. The van der Waals surface area contributed by atoms with Gasteiger partial charge in [0.2, 0.25) is 0 Å². The van der Waals surface area contributed by atoms with E-state index in [0.717, 1.165) is 4.91 Å². The topological polar surface area (TPSA) is 17.1 Å². The van der Waals surface area contributed by atoms with Crippen LogP contribution >= 0.6 is 11.8 Å². The number of thioether (sulfide) groups is 1. The van der Waals surface area contributed by atoms with Crippen molar-refractivity contribution in [2.24, 2.45) is 0 Å². The summed E-state index contributed by atoms with van der Waals surface area (Å²) in [6, 6.07) is 0. The van der Waals surface area contributed by atoms with Crippen LogP contribution in [-0.2, 0) is 4.79 Å². The Kier molecular flexibility index (Phi) is 2.41. The Labute approximate surface area is 76.5 Å². The molecule has 0 aliphatic carbocycles. The SMILES string of the molecule is C=C=CC1(C(C)=O)C=CC(=C)S1. The fourth-order valence-corrected chi connectivity index (χ4v) is 2.01. The second-order valence-electron chi connectivity index (χ2n) is 2.60. The van der Waals surface area contributed by atoms with Gasteiger partial charge in [0.1, 0.15) is 4.75 Å². The van der Waals surface area contributed by atoms with Gasteiger partial charge in [-0.1, -0.05) is 25.3 Å². The summed E-state index contributed by atoms with van der Waals surface area (Å²) >= 11 is 1.43. The minimum absolute atomic E-state index is 0.0820. The van der Waals surface area contributed by atoms with Crippen LogP contribution in [0.5, 0.6) is 0 Å². The highest BCUT2D eigenvalue weighted by Crippen LogP contribution is 2.41. The van der Waals surface area contributed by atoms with E-state index < -0.39 is 4.75 Å². The van der Waals surface area contributed by atoms with Crippen LogP contribution in [0.25, 0.3) is 0 Å². The average molecular weight is 178 g/mol. The third kappa shape index (κ3) is 1.45. The fourth-order valence-electron chi connectivity index (χ4n) is 1.02. The van der Waals surface area contributed by atoms with Crippen molar-refractivity contribution in [1.82, 2.24) is 0 Å². The van der Waals surface area contributed by atoms with E-state index in [9.17, 15) is 4.79 Å². The Bertz CT molecular complexity index is 304. The third-order valence-electron chi connectivity index (χ3n) is 1.68. The molecular weight excluding hydrogens is 168 g/mol. The van der Waals surface area contributed by atoms with Crippen LogP contribution in [0, 0.1) is 0 Å². The van der Waals surface area contributed by atoms with Gasteiger partial charge in [-0.3, -0.25) is 4.79 Å². The first kappa shape index (κ1) is 9.11. The number of Topliss-reactive ketones (excluding diaryl/α,β-unsaturated/α-hetero) is 1. The standard InChI is InChI=1S/C10H10OS/c1-4-6-10(9(3)11)7-5-8(2)12-10/h5-7H,1-2H2,3H3. The molecule has 0 saturated heterocycles. The summed E-state index contributed by atoms with van der Waals surface area (Å²) in [4.78, 5) is 12.2. The number of allylic oxidation sites excluding steroid dienone is 1. The molecule has 0 radical (unpaired) electrons. The van der Waals surface area contributed by atoms with E-state index in [1.807, 2.05) is 12.2 Å². The summed E-state index contributed by atoms with van der Waals surface area (Å²) < 4.78 is -0.584. The van der Waals surface area contributed by atoms with Gasteiger partial charge in [-0.25, -0.2) is 0 Å². The van der Waals surface area contributed by atoms with Crippen LogP contribution in [0.4, 0.5) is 0 Å². The zero-order valence-electron chi connectivity index (χ0n) is 6.96. The molecular formula is C10H10OS. The molecule has 1 atom stereocenters. The Balaban J connectivity index is 3.06. The van der Waals surface area contributed by atoms with Crippen LogP contribution in [0.3, 0.4) is 0 Å². The van der Waals surface area contributed by atoms with Crippen molar-refractivity contribution in [3.05, 3.63) is 42.0 Å². The first-order valence-electron chi connectivity index (χ1n) is 3.56. The normalized spacial score (nSPS) is 26.9. The zero-order valence-corrected chi connectivity index (χ0v) is 7.78. The monoisotopic (exact) mass is 178 g/mol. The summed E-state index contributed by atoms with van der Waals surface area (Å²) in [5, 5.41) is 0. The molecule has 2 heteroatoms. The Morgan fingerprint density at radius 1 is 1.83 bits per heavy atom. The highest BCUT2D eigenvalue weighted by Gasteiger charge is 2.34. The van der Waals surface area contributed by atoms with E-state index >= 15 is 0 Å². The minimum atomic E-state index is -0.584. The van der Waals surface area contributed by atoms with Crippen molar-refractivity contribution >= 4 is 17.5 Å². The molecule has 62 valence electrons. The maximum Gasteiger partial charge on any atom is 0.154 e. The molecule has 0 fully saturated rings. The lowest BCUT2D eigenvalue weighted by atomic mass is 10.0. The second-order valence-corrected chi connectivity index (χ2v) is 4.00. The number of hydrogen-bond acceptors (Lipinski definition) is 2. The number of ketones is 1. The Morgan fingerprint density at radius 3 is 2.83 bits per heavy atom. The van der Waals surface area contributed by atoms with E-state index in [-0.39, 0.29) is 5.78 Å². The molecule has 0 aromatic carbocycles. The predicted octanol–water partition coefficient (Wildman–Crippen LogP) is 2.47. The van der Waals surface area contributed by atoms with E-state index in [1.165, 1.54) is 11.8 Å². The van der Waals surface area contributed by atoms with Gasteiger partial charge in [0.15, 0.2) is 5.78 Å². The maximum absolute atomic E-state index is 11.3. The first-order chi connectivity index (χ1) is 5.60. The molecule has 0 spiro atoms. The largest absolute Gasteiger partial charge is 0.298 e. The summed E-state index contributed by atoms with van der Waals surface area (Å²) in [5.74, 6) is 0.0820. The van der Waals surface area contributed by atoms with Gasteiger partial charge in [-0.2, -0.15) is 0 Å². The van der Waals surface area contributed by atoms with Crippen molar-refractivity contribution in [2.45, 2.75) is 11.7 Å². The molecule has 1 aliphatic heterocycles. The van der Waals surface area contributed by atoms with Crippen molar-refractivity contribution in [1.29, 1.82) is 0 Å². The molecule has 0 N–H and O–H groups in total. The van der Waals surface area contributed by atoms with Gasteiger partial charge in [-0.15, -0.1) is 17.5 Å². The number of carbonyl (C=O) groups is 1. The van der Waals surface area contributed by atoms with E-state index in [2.05, 4.69) is 18.9 Å². The third-order valence-corrected chi connectivity index (χ3v) is 2.96. The molecule has 0 amide bonds. The van der Waals surface area contributed by atoms with Crippen LogP contribution in [-0.4, -0.2) is 10.5 Å². The van der Waals surface area contributed by atoms with Crippen LogP contribution < -0.4 is 0 Å². The van der Waals surface area contributed by atoms with E-state index in [1.54, 1.807) is 13.0 Å². The van der Waals surface area contributed by atoms with Crippen molar-refractivity contribution < 1.29 is 4.79 Å². The quantitative estimate of drug-likeness (QED) is 0.604. The smallest absolute Gasteiger partial charge is 0.154 e. The lowest BCUT2D eigenvalue weighted by molar-refractivity contribution is -0.117. The lowest BCUT2D eigenvalue weighted by Gasteiger charge is -2.16. The molecule has 1 heterocycles. The highest BCUT2D eigenvalue weighted by molar-refractivity contribution is 8.05. The van der Waals surface area contributed by atoms with Gasteiger partial charge in [0.25, 0.3) is 0 Å². The zero-order chi connectivity index (χ0) is 9.19. The summed E-state index contributed by atoms with van der Waals surface area (Å²) in [6.07, 6.45) is 5.36.